The van der Waals surface area contributed by atoms with Crippen molar-refractivity contribution in [1.29, 1.82) is 0 Å². The standard InChI is InChI=1S/C19H29ClN2O2/c1-13(2)17(14-6-8-15(20)9-7-14)21-16-10-11-22(12-16)18(23)24-19(3,4)5/h6-9,13,16-17,21H,10-12H2,1-5H3. The number of nitrogens with zero attached hydrogens (tertiary/aromatic N) is 1. The molecule has 0 spiro atoms. The molecule has 2 rings (SSSR count). The molecule has 2 unspecified atom stereocenters. The molecule has 0 aliphatic carbocycles. The van der Waals surface area contributed by atoms with Gasteiger partial charge < -0.3 is 15.0 Å². The van der Waals surface area contributed by atoms with E-state index >= 15 is 0 Å². The van der Waals surface area contributed by atoms with E-state index in [1.54, 1.807) is 4.90 Å². The van der Waals surface area contributed by atoms with E-state index in [1.165, 1.54) is 5.56 Å². The Bertz CT molecular complexity index is 551. The van der Waals surface area contributed by atoms with Crippen molar-refractivity contribution in [3.63, 3.8) is 0 Å². The largest absolute Gasteiger partial charge is 0.444 e. The highest BCUT2D eigenvalue weighted by atomic mass is 35.5. The highest BCUT2D eigenvalue weighted by Gasteiger charge is 2.31. The Kier molecular flexibility index (Phi) is 6.16. The molecular weight excluding hydrogens is 324 g/mol. The number of halogens is 1. The van der Waals surface area contributed by atoms with Crippen LogP contribution in [0.4, 0.5) is 4.79 Å². The number of ether oxygens (including phenoxy) is 1. The lowest BCUT2D eigenvalue weighted by molar-refractivity contribution is 0.0290. The molecule has 5 heteroatoms. The van der Waals surface area contributed by atoms with E-state index in [0.717, 1.165) is 18.0 Å². The van der Waals surface area contributed by atoms with Gasteiger partial charge in [0.1, 0.15) is 5.60 Å². The molecule has 2 atom stereocenters. The first-order chi connectivity index (χ1) is 11.2. The zero-order valence-corrected chi connectivity index (χ0v) is 16.1. The predicted molar refractivity (Wildman–Crippen MR) is 98.4 cm³/mol. The zero-order chi connectivity index (χ0) is 17.9. The third-order valence-electron chi connectivity index (χ3n) is 4.15. The summed E-state index contributed by atoms with van der Waals surface area (Å²) in [6.07, 6.45) is 0.718. The van der Waals surface area contributed by atoms with E-state index < -0.39 is 5.60 Å². The molecule has 1 N–H and O–H groups in total. The van der Waals surface area contributed by atoms with Gasteiger partial charge in [0, 0.05) is 30.2 Å². The molecular formula is C19H29ClN2O2. The van der Waals surface area contributed by atoms with Gasteiger partial charge >= 0.3 is 6.09 Å². The van der Waals surface area contributed by atoms with E-state index in [2.05, 4.69) is 31.3 Å². The van der Waals surface area contributed by atoms with Crippen LogP contribution in [0.25, 0.3) is 0 Å². The van der Waals surface area contributed by atoms with E-state index in [0.29, 0.717) is 12.5 Å². The van der Waals surface area contributed by atoms with Gasteiger partial charge in [0.05, 0.1) is 0 Å². The molecule has 1 aromatic carbocycles. The molecule has 1 heterocycles. The van der Waals surface area contributed by atoms with Crippen molar-refractivity contribution in [3.8, 4) is 0 Å². The Morgan fingerprint density at radius 3 is 2.46 bits per heavy atom. The van der Waals surface area contributed by atoms with Crippen LogP contribution >= 0.6 is 11.6 Å². The predicted octanol–water partition coefficient (Wildman–Crippen LogP) is 4.64. The third kappa shape index (κ3) is 5.38. The molecule has 0 radical (unpaired) electrons. The molecule has 1 aromatic rings. The van der Waals surface area contributed by atoms with Gasteiger partial charge in [-0.2, -0.15) is 0 Å². The third-order valence-corrected chi connectivity index (χ3v) is 4.40. The minimum atomic E-state index is -0.452. The number of benzene rings is 1. The second kappa shape index (κ2) is 7.75. The number of hydrogen-bond donors (Lipinski definition) is 1. The summed E-state index contributed by atoms with van der Waals surface area (Å²) < 4.78 is 5.46. The second-order valence-electron chi connectivity index (χ2n) is 7.85. The van der Waals surface area contributed by atoms with Crippen LogP contribution in [0.2, 0.25) is 5.02 Å². The SMILES string of the molecule is CC(C)C(NC1CCN(C(=O)OC(C)(C)C)C1)c1ccc(Cl)cc1. The van der Waals surface area contributed by atoms with Gasteiger partial charge in [0.25, 0.3) is 0 Å². The van der Waals surface area contributed by atoms with Crippen molar-refractivity contribution in [1.82, 2.24) is 10.2 Å². The second-order valence-corrected chi connectivity index (χ2v) is 8.29. The molecule has 134 valence electrons. The highest BCUT2D eigenvalue weighted by Crippen LogP contribution is 2.26. The van der Waals surface area contributed by atoms with Gasteiger partial charge in [0.15, 0.2) is 0 Å². The maximum atomic E-state index is 12.2. The monoisotopic (exact) mass is 352 g/mol. The molecule has 1 fully saturated rings. The lowest BCUT2D eigenvalue weighted by atomic mass is 9.95. The fourth-order valence-electron chi connectivity index (χ4n) is 2.99. The molecule has 1 saturated heterocycles. The van der Waals surface area contributed by atoms with Crippen molar-refractivity contribution in [2.45, 2.75) is 58.7 Å². The first kappa shape index (κ1) is 19.1. The first-order valence-corrected chi connectivity index (χ1v) is 9.03. The van der Waals surface area contributed by atoms with Gasteiger partial charge in [0.2, 0.25) is 0 Å². The van der Waals surface area contributed by atoms with Gasteiger partial charge in [-0.15, -0.1) is 0 Å². The fourth-order valence-corrected chi connectivity index (χ4v) is 3.11. The summed E-state index contributed by atoms with van der Waals surface area (Å²) in [5.74, 6) is 0.446. The Morgan fingerprint density at radius 1 is 1.29 bits per heavy atom. The number of hydrogen-bond acceptors (Lipinski definition) is 3. The lowest BCUT2D eigenvalue weighted by Gasteiger charge is -2.28. The molecule has 0 bridgehead atoms. The quantitative estimate of drug-likeness (QED) is 0.858. The number of likely N-dealkylation sites (tertiary alicyclic amines) is 1. The zero-order valence-electron chi connectivity index (χ0n) is 15.3. The number of carbonyl (C=O) groups is 1. The van der Waals surface area contributed by atoms with Crippen molar-refractivity contribution < 1.29 is 9.53 Å². The summed E-state index contributed by atoms with van der Waals surface area (Å²) in [5.41, 5.74) is 0.775. The Hall–Kier alpha value is -1.26. The average molecular weight is 353 g/mol. The maximum absolute atomic E-state index is 12.2. The summed E-state index contributed by atoms with van der Waals surface area (Å²) >= 11 is 5.99. The van der Waals surface area contributed by atoms with Crippen LogP contribution < -0.4 is 5.32 Å². The normalized spacial score (nSPS) is 19.6. The summed E-state index contributed by atoms with van der Waals surface area (Å²) in [6.45, 7) is 11.5. The Labute approximate surface area is 150 Å². The van der Waals surface area contributed by atoms with Crippen LogP contribution in [0, 0.1) is 5.92 Å². The average Bonchev–Trinajstić information content (AvgIpc) is 2.92. The van der Waals surface area contributed by atoms with Crippen molar-refractivity contribution in [3.05, 3.63) is 34.9 Å². The van der Waals surface area contributed by atoms with Crippen molar-refractivity contribution >= 4 is 17.7 Å². The summed E-state index contributed by atoms with van der Waals surface area (Å²) in [7, 11) is 0. The molecule has 1 aliphatic rings. The molecule has 1 aliphatic heterocycles. The smallest absolute Gasteiger partial charge is 0.410 e. The first-order valence-electron chi connectivity index (χ1n) is 8.65. The summed E-state index contributed by atoms with van der Waals surface area (Å²) in [6, 6.07) is 8.51. The van der Waals surface area contributed by atoms with E-state index in [-0.39, 0.29) is 18.2 Å². The fraction of sp³-hybridized carbons (Fsp3) is 0.632. The minimum Gasteiger partial charge on any atom is -0.444 e. The maximum Gasteiger partial charge on any atom is 0.410 e. The van der Waals surface area contributed by atoms with Gasteiger partial charge in [-0.3, -0.25) is 0 Å². The Balaban J connectivity index is 1.97. The van der Waals surface area contributed by atoms with Gasteiger partial charge in [-0.1, -0.05) is 37.6 Å². The van der Waals surface area contributed by atoms with E-state index in [4.69, 9.17) is 16.3 Å². The highest BCUT2D eigenvalue weighted by molar-refractivity contribution is 6.30. The molecule has 0 aromatic heterocycles. The van der Waals surface area contributed by atoms with E-state index in [9.17, 15) is 4.79 Å². The van der Waals surface area contributed by atoms with Crippen molar-refractivity contribution in [2.75, 3.05) is 13.1 Å². The molecule has 1 amide bonds. The van der Waals surface area contributed by atoms with Crippen molar-refractivity contribution in [2.24, 2.45) is 5.92 Å². The topological polar surface area (TPSA) is 41.6 Å². The summed E-state index contributed by atoms with van der Waals surface area (Å²) in [5, 5.41) is 4.45. The van der Waals surface area contributed by atoms with Crippen LogP contribution in [-0.2, 0) is 4.74 Å². The van der Waals surface area contributed by atoms with Crippen LogP contribution in [-0.4, -0.2) is 35.7 Å². The Morgan fingerprint density at radius 2 is 1.92 bits per heavy atom. The van der Waals surface area contributed by atoms with Gasteiger partial charge in [-0.25, -0.2) is 4.79 Å². The number of rotatable bonds is 4. The summed E-state index contributed by atoms with van der Waals surface area (Å²) in [4.78, 5) is 14.0. The van der Waals surface area contributed by atoms with Gasteiger partial charge in [-0.05, 0) is 50.8 Å². The van der Waals surface area contributed by atoms with Crippen LogP contribution in [0.1, 0.15) is 52.6 Å². The van der Waals surface area contributed by atoms with Crippen LogP contribution in [0.15, 0.2) is 24.3 Å². The number of nitrogens with one attached hydrogen (secondary N) is 1. The molecule has 24 heavy (non-hydrogen) atoms. The minimum absolute atomic E-state index is 0.223. The van der Waals surface area contributed by atoms with E-state index in [1.807, 2.05) is 32.9 Å². The molecule has 0 saturated carbocycles. The lowest BCUT2D eigenvalue weighted by Crippen LogP contribution is -2.40. The van der Waals surface area contributed by atoms with Crippen LogP contribution in [0.5, 0.6) is 0 Å². The number of amides is 1. The molecule has 4 nitrogen and oxygen atoms in total. The van der Waals surface area contributed by atoms with Crippen LogP contribution in [0.3, 0.4) is 0 Å². The number of carbonyl (C=O) groups excluding carboxylic acids is 1.